The van der Waals surface area contributed by atoms with Crippen LogP contribution in [0, 0.1) is 0 Å². The van der Waals surface area contributed by atoms with E-state index >= 15 is 0 Å². The minimum atomic E-state index is 0.146. The maximum atomic E-state index is 4.65. The number of aromatic nitrogens is 1. The fourth-order valence-electron chi connectivity index (χ4n) is 2.29. The van der Waals surface area contributed by atoms with Crippen LogP contribution in [0.1, 0.15) is 40.2 Å². The van der Waals surface area contributed by atoms with Crippen LogP contribution in [0.2, 0.25) is 0 Å². The van der Waals surface area contributed by atoms with E-state index in [9.17, 15) is 0 Å². The van der Waals surface area contributed by atoms with E-state index in [1.807, 2.05) is 6.20 Å². The van der Waals surface area contributed by atoms with Crippen LogP contribution in [0.3, 0.4) is 0 Å². The van der Waals surface area contributed by atoms with Crippen LogP contribution < -0.4 is 10.2 Å². The summed E-state index contributed by atoms with van der Waals surface area (Å²) >= 11 is 2.05. The Balaban J connectivity index is 1.97. The summed E-state index contributed by atoms with van der Waals surface area (Å²) in [5, 5.41) is 3.49. The van der Waals surface area contributed by atoms with Gasteiger partial charge in [0.05, 0.1) is 0 Å². The third-order valence-electron chi connectivity index (χ3n) is 3.38. The van der Waals surface area contributed by atoms with Gasteiger partial charge in [0.15, 0.2) is 0 Å². The molecule has 112 valence electrons. The highest BCUT2D eigenvalue weighted by Crippen LogP contribution is 2.31. The van der Waals surface area contributed by atoms with Crippen LogP contribution in [0.4, 0.5) is 5.82 Å². The first-order chi connectivity index (χ1) is 9.25. The molecule has 1 aromatic rings. The summed E-state index contributed by atoms with van der Waals surface area (Å²) in [6.45, 7) is 14.2. The Morgan fingerprint density at radius 1 is 1.35 bits per heavy atom. The van der Waals surface area contributed by atoms with Gasteiger partial charge in [-0.15, -0.1) is 0 Å². The largest absolute Gasteiger partial charge is 0.354 e. The molecule has 1 saturated heterocycles. The molecule has 1 aliphatic heterocycles. The standard InChI is InChI=1S/C16H27N3S/c1-15(2,3)18-11-13-6-7-14(17-10-13)19-8-9-20-16(4,5)12-19/h6-7,10,18H,8-9,11-12H2,1-5H3. The van der Waals surface area contributed by atoms with Crippen molar-refractivity contribution in [3.63, 3.8) is 0 Å². The number of hydrogen-bond acceptors (Lipinski definition) is 4. The van der Waals surface area contributed by atoms with Crippen molar-refractivity contribution in [2.75, 3.05) is 23.7 Å². The van der Waals surface area contributed by atoms with Crippen molar-refractivity contribution in [3.8, 4) is 0 Å². The highest BCUT2D eigenvalue weighted by Gasteiger charge is 2.27. The van der Waals surface area contributed by atoms with Crippen molar-refractivity contribution >= 4 is 17.6 Å². The predicted molar refractivity (Wildman–Crippen MR) is 89.6 cm³/mol. The van der Waals surface area contributed by atoms with Crippen LogP contribution >= 0.6 is 11.8 Å². The molecule has 2 heterocycles. The monoisotopic (exact) mass is 293 g/mol. The van der Waals surface area contributed by atoms with Gasteiger partial charge < -0.3 is 10.2 Å². The fraction of sp³-hybridized carbons (Fsp3) is 0.688. The molecule has 0 amide bonds. The SMILES string of the molecule is CC(C)(C)NCc1ccc(N2CCSC(C)(C)C2)nc1. The summed E-state index contributed by atoms with van der Waals surface area (Å²) in [5.41, 5.74) is 1.39. The summed E-state index contributed by atoms with van der Waals surface area (Å²) < 4.78 is 0.326. The first kappa shape index (κ1) is 15.6. The lowest BCUT2D eigenvalue weighted by molar-refractivity contribution is 0.424. The second-order valence-corrected chi connectivity index (χ2v) is 8.96. The maximum absolute atomic E-state index is 4.65. The second-order valence-electron chi connectivity index (χ2n) is 7.16. The van der Waals surface area contributed by atoms with Gasteiger partial charge in [-0.3, -0.25) is 0 Å². The second kappa shape index (κ2) is 5.94. The number of thioether (sulfide) groups is 1. The molecule has 0 aromatic carbocycles. The number of anilines is 1. The van der Waals surface area contributed by atoms with Gasteiger partial charge in [0.1, 0.15) is 5.82 Å². The Hall–Kier alpha value is -0.740. The van der Waals surface area contributed by atoms with Crippen molar-refractivity contribution in [2.24, 2.45) is 0 Å². The summed E-state index contributed by atoms with van der Waals surface area (Å²) in [5.74, 6) is 2.29. The van der Waals surface area contributed by atoms with Crippen LogP contribution in [-0.4, -0.2) is 34.1 Å². The van der Waals surface area contributed by atoms with Crippen LogP contribution in [0.5, 0.6) is 0 Å². The van der Waals surface area contributed by atoms with E-state index in [1.165, 1.54) is 11.3 Å². The molecule has 1 aliphatic rings. The third-order valence-corrected chi connectivity index (χ3v) is 4.68. The topological polar surface area (TPSA) is 28.2 Å². The van der Waals surface area contributed by atoms with E-state index in [2.05, 4.69) is 73.7 Å². The zero-order valence-electron chi connectivity index (χ0n) is 13.4. The molecule has 0 spiro atoms. The first-order valence-corrected chi connectivity index (χ1v) is 8.33. The van der Waals surface area contributed by atoms with Gasteiger partial charge in [-0.2, -0.15) is 11.8 Å². The third kappa shape index (κ3) is 4.67. The van der Waals surface area contributed by atoms with Gasteiger partial charge in [0, 0.05) is 41.9 Å². The lowest BCUT2D eigenvalue weighted by atomic mass is 10.1. The van der Waals surface area contributed by atoms with Crippen molar-refractivity contribution in [2.45, 2.75) is 51.4 Å². The van der Waals surface area contributed by atoms with E-state index in [0.29, 0.717) is 4.75 Å². The van der Waals surface area contributed by atoms with Crippen molar-refractivity contribution < 1.29 is 0 Å². The van der Waals surface area contributed by atoms with Gasteiger partial charge in [-0.1, -0.05) is 6.07 Å². The number of pyridine rings is 1. The first-order valence-electron chi connectivity index (χ1n) is 7.34. The smallest absolute Gasteiger partial charge is 0.128 e. The summed E-state index contributed by atoms with van der Waals surface area (Å²) in [4.78, 5) is 7.05. The van der Waals surface area contributed by atoms with E-state index in [0.717, 1.165) is 25.5 Å². The molecule has 3 nitrogen and oxygen atoms in total. The van der Waals surface area contributed by atoms with Gasteiger partial charge in [0.2, 0.25) is 0 Å². The van der Waals surface area contributed by atoms with Gasteiger partial charge in [-0.05, 0) is 46.2 Å². The Bertz CT molecular complexity index is 434. The molecule has 1 N–H and O–H groups in total. The van der Waals surface area contributed by atoms with Crippen molar-refractivity contribution in [1.29, 1.82) is 0 Å². The zero-order chi connectivity index (χ0) is 14.8. The summed E-state index contributed by atoms with van der Waals surface area (Å²) in [6, 6.07) is 4.35. The lowest BCUT2D eigenvalue weighted by Gasteiger charge is -2.38. The molecule has 0 aliphatic carbocycles. The predicted octanol–water partition coefficient (Wildman–Crippen LogP) is 3.30. The molecule has 0 radical (unpaired) electrons. The van der Waals surface area contributed by atoms with Gasteiger partial charge in [-0.25, -0.2) is 4.98 Å². The van der Waals surface area contributed by atoms with Crippen LogP contribution in [0.15, 0.2) is 18.3 Å². The Kier molecular flexibility index (Phi) is 4.65. The highest BCUT2D eigenvalue weighted by molar-refractivity contribution is 8.00. The molecular formula is C16H27N3S. The lowest BCUT2D eigenvalue weighted by Crippen LogP contribution is -2.43. The highest BCUT2D eigenvalue weighted by atomic mass is 32.2. The van der Waals surface area contributed by atoms with Gasteiger partial charge >= 0.3 is 0 Å². The molecule has 0 unspecified atom stereocenters. The van der Waals surface area contributed by atoms with Gasteiger partial charge in [0.25, 0.3) is 0 Å². The Morgan fingerprint density at radius 3 is 2.65 bits per heavy atom. The number of nitrogens with zero attached hydrogens (tertiary/aromatic N) is 2. The van der Waals surface area contributed by atoms with E-state index in [1.54, 1.807) is 0 Å². The molecule has 2 rings (SSSR count). The normalized spacial score (nSPS) is 19.1. The Morgan fingerprint density at radius 2 is 2.10 bits per heavy atom. The molecule has 20 heavy (non-hydrogen) atoms. The molecular weight excluding hydrogens is 266 g/mol. The zero-order valence-corrected chi connectivity index (χ0v) is 14.2. The average Bonchev–Trinajstić information content (AvgIpc) is 2.35. The minimum absolute atomic E-state index is 0.146. The minimum Gasteiger partial charge on any atom is -0.354 e. The average molecular weight is 293 g/mol. The van der Waals surface area contributed by atoms with E-state index < -0.39 is 0 Å². The summed E-state index contributed by atoms with van der Waals surface area (Å²) in [7, 11) is 0. The molecule has 1 fully saturated rings. The molecule has 0 saturated carbocycles. The van der Waals surface area contributed by atoms with E-state index in [4.69, 9.17) is 0 Å². The molecule has 0 bridgehead atoms. The molecule has 0 atom stereocenters. The number of rotatable bonds is 3. The summed E-state index contributed by atoms with van der Waals surface area (Å²) in [6.07, 6.45) is 2.00. The van der Waals surface area contributed by atoms with Crippen molar-refractivity contribution in [1.82, 2.24) is 10.3 Å². The van der Waals surface area contributed by atoms with Crippen LogP contribution in [-0.2, 0) is 6.54 Å². The van der Waals surface area contributed by atoms with Crippen molar-refractivity contribution in [3.05, 3.63) is 23.9 Å². The number of nitrogens with one attached hydrogen (secondary N) is 1. The van der Waals surface area contributed by atoms with Crippen LogP contribution in [0.25, 0.3) is 0 Å². The fourth-order valence-corrected chi connectivity index (χ4v) is 3.40. The number of hydrogen-bond donors (Lipinski definition) is 1. The molecule has 4 heteroatoms. The molecule has 1 aromatic heterocycles. The quantitative estimate of drug-likeness (QED) is 0.925. The van der Waals surface area contributed by atoms with E-state index in [-0.39, 0.29) is 5.54 Å². The maximum Gasteiger partial charge on any atom is 0.128 e. The Labute approximate surface area is 127 Å².